The number of hydrogen-bond donors (Lipinski definition) is 1. The highest BCUT2D eigenvalue weighted by atomic mass is 16.5. The lowest BCUT2D eigenvalue weighted by Gasteiger charge is -2.13. The quantitative estimate of drug-likeness (QED) is 0.123. The molecular weight excluding hydrogens is 542 g/mol. The molecule has 0 aliphatic carbocycles. The van der Waals surface area contributed by atoms with Gasteiger partial charge in [0, 0.05) is 17.2 Å². The van der Waals surface area contributed by atoms with E-state index < -0.39 is 0 Å². The van der Waals surface area contributed by atoms with Crippen LogP contribution in [0.15, 0.2) is 54.6 Å². The first-order valence-electron chi connectivity index (χ1n) is 16.7. The molecule has 4 aromatic rings. The van der Waals surface area contributed by atoms with Crippen LogP contribution < -0.4 is 4.74 Å². The first kappa shape index (κ1) is 33.2. The van der Waals surface area contributed by atoms with Gasteiger partial charge >= 0.3 is 0 Å². The number of hydrogen-bond acceptors (Lipinski definition) is 5. The molecule has 5 heteroatoms. The SMILES string of the molecule is CCCCCCCCCCCCCCOc1ccc(-c2nc(-c3ccc(C)cc3C)nc(-c3ccc(C)cc3C)n2)c(O)c1. The molecule has 1 aromatic heterocycles. The van der Waals surface area contributed by atoms with Crippen molar-refractivity contribution in [2.45, 2.75) is 112 Å². The minimum atomic E-state index is 0.0987. The number of aryl methyl sites for hydroxylation is 4. The first-order valence-corrected chi connectivity index (χ1v) is 16.7. The van der Waals surface area contributed by atoms with Crippen LogP contribution in [0.2, 0.25) is 0 Å². The Morgan fingerprint density at radius 3 is 1.41 bits per heavy atom. The van der Waals surface area contributed by atoms with Crippen LogP contribution in [0.25, 0.3) is 34.2 Å². The van der Waals surface area contributed by atoms with Gasteiger partial charge in [0.1, 0.15) is 11.5 Å². The van der Waals surface area contributed by atoms with Gasteiger partial charge in [0.25, 0.3) is 0 Å². The summed E-state index contributed by atoms with van der Waals surface area (Å²) in [4.78, 5) is 14.6. The van der Waals surface area contributed by atoms with Crippen LogP contribution in [0.5, 0.6) is 11.5 Å². The summed E-state index contributed by atoms with van der Waals surface area (Å²) >= 11 is 0. The molecular formula is C39H51N3O2. The molecule has 1 N–H and O–H groups in total. The summed E-state index contributed by atoms with van der Waals surface area (Å²) in [6.45, 7) is 11.2. The summed E-state index contributed by atoms with van der Waals surface area (Å²) in [6, 6.07) is 17.9. The normalized spacial score (nSPS) is 11.2. The van der Waals surface area contributed by atoms with Crippen molar-refractivity contribution >= 4 is 0 Å². The highest BCUT2D eigenvalue weighted by molar-refractivity contribution is 5.72. The lowest BCUT2D eigenvalue weighted by Crippen LogP contribution is -2.02. The summed E-state index contributed by atoms with van der Waals surface area (Å²) in [7, 11) is 0. The number of rotatable bonds is 17. The number of aromatic nitrogens is 3. The molecule has 0 amide bonds. The van der Waals surface area contributed by atoms with Crippen molar-refractivity contribution in [1.29, 1.82) is 0 Å². The average Bonchev–Trinajstić information content (AvgIpc) is 2.99. The molecule has 0 saturated heterocycles. The molecule has 5 nitrogen and oxygen atoms in total. The predicted molar refractivity (Wildman–Crippen MR) is 183 cm³/mol. The van der Waals surface area contributed by atoms with E-state index in [1.54, 1.807) is 6.07 Å². The summed E-state index contributed by atoms with van der Waals surface area (Å²) < 4.78 is 6.00. The number of ether oxygens (including phenoxy) is 1. The highest BCUT2D eigenvalue weighted by Gasteiger charge is 2.17. The molecule has 1 heterocycles. The van der Waals surface area contributed by atoms with Gasteiger partial charge in [0.2, 0.25) is 0 Å². The van der Waals surface area contributed by atoms with E-state index in [9.17, 15) is 5.11 Å². The third kappa shape index (κ3) is 9.64. The van der Waals surface area contributed by atoms with Gasteiger partial charge in [-0.15, -0.1) is 0 Å². The van der Waals surface area contributed by atoms with Crippen molar-refractivity contribution in [1.82, 2.24) is 15.0 Å². The Hall–Kier alpha value is -3.73. The van der Waals surface area contributed by atoms with Crippen LogP contribution in [-0.4, -0.2) is 26.7 Å². The minimum Gasteiger partial charge on any atom is -0.507 e. The van der Waals surface area contributed by atoms with Crippen molar-refractivity contribution < 1.29 is 9.84 Å². The van der Waals surface area contributed by atoms with E-state index >= 15 is 0 Å². The van der Waals surface area contributed by atoms with E-state index in [0.29, 0.717) is 35.4 Å². The molecule has 0 radical (unpaired) electrons. The molecule has 0 aliphatic rings. The number of unbranched alkanes of at least 4 members (excludes halogenated alkanes) is 11. The van der Waals surface area contributed by atoms with Crippen LogP contribution in [0.3, 0.4) is 0 Å². The third-order valence-corrected chi connectivity index (χ3v) is 8.36. The number of nitrogens with zero attached hydrogens (tertiary/aromatic N) is 3. The number of phenols is 1. The minimum absolute atomic E-state index is 0.0987. The summed E-state index contributed by atoms with van der Waals surface area (Å²) in [6.07, 6.45) is 15.8. The lowest BCUT2D eigenvalue weighted by atomic mass is 10.0. The van der Waals surface area contributed by atoms with Gasteiger partial charge in [0.15, 0.2) is 17.5 Å². The van der Waals surface area contributed by atoms with E-state index in [1.165, 1.54) is 81.8 Å². The van der Waals surface area contributed by atoms with Gasteiger partial charge in [-0.25, -0.2) is 15.0 Å². The lowest BCUT2D eigenvalue weighted by molar-refractivity contribution is 0.302. The molecule has 44 heavy (non-hydrogen) atoms. The Kier molecular flexibility index (Phi) is 12.8. The predicted octanol–water partition coefficient (Wildman–Crippen LogP) is 10.9. The second-order valence-electron chi connectivity index (χ2n) is 12.4. The average molecular weight is 594 g/mol. The fourth-order valence-corrected chi connectivity index (χ4v) is 5.79. The highest BCUT2D eigenvalue weighted by Crippen LogP contribution is 2.34. The molecule has 0 atom stereocenters. The van der Waals surface area contributed by atoms with Crippen molar-refractivity contribution in [3.05, 3.63) is 76.9 Å². The van der Waals surface area contributed by atoms with E-state index in [-0.39, 0.29) is 5.75 Å². The van der Waals surface area contributed by atoms with Crippen LogP contribution >= 0.6 is 0 Å². The number of benzene rings is 3. The zero-order valence-corrected chi connectivity index (χ0v) is 27.6. The van der Waals surface area contributed by atoms with Crippen molar-refractivity contribution in [2.75, 3.05) is 6.61 Å². The van der Waals surface area contributed by atoms with Crippen molar-refractivity contribution in [3.63, 3.8) is 0 Å². The molecule has 0 spiro atoms. The standard InChI is InChI=1S/C39H51N3O2/c1-6-7-8-9-10-11-12-13-14-15-16-17-24-44-32-20-23-35(36(43)27-32)39-41-37(33-21-18-28(2)25-30(33)4)40-38(42-39)34-22-19-29(3)26-31(34)5/h18-23,25-27,43H,6-17,24H2,1-5H3. The van der Waals surface area contributed by atoms with Gasteiger partial charge < -0.3 is 9.84 Å². The molecule has 0 fully saturated rings. The van der Waals surface area contributed by atoms with Gasteiger partial charge in [0.05, 0.1) is 12.2 Å². The first-order chi connectivity index (χ1) is 21.4. The Labute approximate surface area is 265 Å². The largest absolute Gasteiger partial charge is 0.507 e. The van der Waals surface area contributed by atoms with Crippen LogP contribution in [0.1, 0.15) is 106 Å². The van der Waals surface area contributed by atoms with E-state index in [1.807, 2.05) is 12.1 Å². The van der Waals surface area contributed by atoms with Gasteiger partial charge in [-0.3, -0.25) is 0 Å². The molecule has 0 unspecified atom stereocenters. The molecule has 0 aliphatic heterocycles. The van der Waals surface area contributed by atoms with E-state index in [2.05, 4.69) is 71.0 Å². The number of aromatic hydroxyl groups is 1. The zero-order valence-electron chi connectivity index (χ0n) is 27.6. The van der Waals surface area contributed by atoms with Gasteiger partial charge in [-0.2, -0.15) is 0 Å². The third-order valence-electron chi connectivity index (χ3n) is 8.36. The maximum absolute atomic E-state index is 11.1. The summed E-state index contributed by atoms with van der Waals surface area (Å²) in [5.74, 6) is 2.38. The second kappa shape index (κ2) is 16.9. The second-order valence-corrected chi connectivity index (χ2v) is 12.4. The van der Waals surface area contributed by atoms with E-state index in [4.69, 9.17) is 19.7 Å². The molecule has 0 bridgehead atoms. The molecule has 0 saturated carbocycles. The van der Waals surface area contributed by atoms with Crippen LogP contribution in [0, 0.1) is 27.7 Å². The van der Waals surface area contributed by atoms with Crippen molar-refractivity contribution in [3.8, 4) is 45.7 Å². The molecule has 4 rings (SSSR count). The van der Waals surface area contributed by atoms with Gasteiger partial charge in [-0.05, 0) is 57.4 Å². The van der Waals surface area contributed by atoms with Crippen LogP contribution in [0.4, 0.5) is 0 Å². The maximum Gasteiger partial charge on any atom is 0.167 e. The Morgan fingerprint density at radius 1 is 0.523 bits per heavy atom. The maximum atomic E-state index is 11.1. The monoisotopic (exact) mass is 593 g/mol. The van der Waals surface area contributed by atoms with Crippen LogP contribution in [-0.2, 0) is 0 Å². The van der Waals surface area contributed by atoms with Gasteiger partial charge in [-0.1, -0.05) is 125 Å². The summed E-state index contributed by atoms with van der Waals surface area (Å²) in [5.41, 5.74) is 7.03. The number of phenolic OH excluding ortho intramolecular Hbond substituents is 1. The Morgan fingerprint density at radius 2 is 0.955 bits per heavy atom. The smallest absolute Gasteiger partial charge is 0.167 e. The van der Waals surface area contributed by atoms with E-state index in [0.717, 1.165) is 28.7 Å². The Bertz CT molecular complexity index is 1430. The summed E-state index contributed by atoms with van der Waals surface area (Å²) in [5, 5.41) is 11.1. The molecule has 234 valence electrons. The zero-order chi connectivity index (χ0) is 31.3. The fraction of sp³-hybridized carbons (Fsp3) is 0.462. The Balaban J connectivity index is 1.39. The fourth-order valence-electron chi connectivity index (χ4n) is 5.79. The molecule has 3 aromatic carbocycles. The topological polar surface area (TPSA) is 68.1 Å². The van der Waals surface area contributed by atoms with Crippen molar-refractivity contribution in [2.24, 2.45) is 0 Å².